The van der Waals surface area contributed by atoms with Gasteiger partial charge in [-0.15, -0.1) is 0 Å². The van der Waals surface area contributed by atoms with Gasteiger partial charge in [0, 0.05) is 40.8 Å². The number of hydrogen-bond donors (Lipinski definition) is 0. The molecule has 4 rings (SSSR count). The lowest BCUT2D eigenvalue weighted by molar-refractivity contribution is 0.0942. The molecule has 1 aliphatic heterocycles. The van der Waals surface area contributed by atoms with Crippen molar-refractivity contribution in [2.75, 3.05) is 25.1 Å². The molecule has 0 bridgehead atoms. The maximum Gasteiger partial charge on any atom is 0.180 e. The van der Waals surface area contributed by atoms with Gasteiger partial charge >= 0.3 is 0 Å². The summed E-state index contributed by atoms with van der Waals surface area (Å²) in [4.78, 5) is 15.1. The smallest absolute Gasteiger partial charge is 0.180 e. The van der Waals surface area contributed by atoms with Crippen LogP contribution in [0.5, 0.6) is 0 Å². The van der Waals surface area contributed by atoms with Gasteiger partial charge in [-0.3, -0.25) is 18.9 Å². The van der Waals surface area contributed by atoms with E-state index in [1.54, 1.807) is 0 Å². The van der Waals surface area contributed by atoms with Gasteiger partial charge in [0.15, 0.2) is 21.4 Å². The molecule has 0 spiro atoms. The second-order valence-electron chi connectivity index (χ2n) is 9.16. The zero-order chi connectivity index (χ0) is 24.1. The Bertz CT molecular complexity index is 1310. The van der Waals surface area contributed by atoms with E-state index in [0.29, 0.717) is 30.1 Å². The van der Waals surface area contributed by atoms with E-state index in [0.717, 1.165) is 28.3 Å². The molecular weight excluding hydrogens is 442 g/mol. The van der Waals surface area contributed by atoms with Crippen molar-refractivity contribution in [2.24, 2.45) is 0 Å². The fraction of sp³-hybridized carbons (Fsp3) is 0.522. The average Bonchev–Trinajstić information content (AvgIpc) is 3.45. The van der Waals surface area contributed by atoms with Gasteiger partial charge in [0.25, 0.3) is 0 Å². The lowest BCUT2D eigenvalue weighted by atomic mass is 10.1. The normalized spacial score (nSPS) is 17.8. The molecule has 0 saturated carbocycles. The SMILES string of the molecule is Cc1cc(-n2c(C)cc(C(=O)CN(C)Cc3c(C)nn([C@H]4CCS(=O)(=O)C4)c3C)c2C)no1. The Hall–Kier alpha value is -2.72. The van der Waals surface area contributed by atoms with E-state index in [1.165, 1.54) is 0 Å². The first-order valence-electron chi connectivity index (χ1n) is 11.1. The van der Waals surface area contributed by atoms with Gasteiger partial charge < -0.3 is 4.52 Å². The first-order chi connectivity index (χ1) is 15.5. The molecule has 0 radical (unpaired) electrons. The van der Waals surface area contributed by atoms with Gasteiger partial charge in [-0.05, 0) is 54.2 Å². The largest absolute Gasteiger partial charge is 0.360 e. The molecule has 1 saturated heterocycles. The van der Waals surface area contributed by atoms with Crippen molar-refractivity contribution in [1.82, 2.24) is 24.4 Å². The average molecular weight is 474 g/mol. The molecule has 0 N–H and O–H groups in total. The van der Waals surface area contributed by atoms with Gasteiger partial charge in [0.05, 0.1) is 29.8 Å². The van der Waals surface area contributed by atoms with E-state index in [9.17, 15) is 13.2 Å². The predicted octanol–water partition coefficient (Wildman–Crippen LogP) is 2.88. The number of carbonyl (C=O) groups is 1. The van der Waals surface area contributed by atoms with Crippen molar-refractivity contribution < 1.29 is 17.7 Å². The van der Waals surface area contributed by atoms with E-state index < -0.39 is 9.84 Å². The minimum absolute atomic E-state index is 0.0293. The van der Waals surface area contributed by atoms with Gasteiger partial charge in [0.2, 0.25) is 0 Å². The number of carbonyl (C=O) groups excluding carboxylic acids is 1. The number of Topliss-reactive ketones (excluding diaryl/α,β-unsaturated/α-hetero) is 1. The second-order valence-corrected chi connectivity index (χ2v) is 11.4. The highest BCUT2D eigenvalue weighted by Crippen LogP contribution is 2.27. The summed E-state index contributed by atoms with van der Waals surface area (Å²) in [7, 11) is -1.08. The first kappa shape index (κ1) is 23.4. The van der Waals surface area contributed by atoms with E-state index in [-0.39, 0.29) is 29.9 Å². The molecule has 1 aliphatic rings. The maximum absolute atomic E-state index is 13.1. The number of rotatable bonds is 7. The van der Waals surface area contributed by atoms with Crippen LogP contribution in [0.3, 0.4) is 0 Å². The van der Waals surface area contributed by atoms with Gasteiger partial charge in [-0.2, -0.15) is 5.10 Å². The molecule has 0 aliphatic carbocycles. The third-order valence-electron chi connectivity index (χ3n) is 6.45. The van der Waals surface area contributed by atoms with E-state index in [4.69, 9.17) is 4.52 Å². The Kier molecular flexibility index (Phi) is 6.09. The molecule has 3 aromatic heterocycles. The number of sulfone groups is 1. The van der Waals surface area contributed by atoms with Crippen molar-refractivity contribution in [3.8, 4) is 5.82 Å². The number of ketones is 1. The van der Waals surface area contributed by atoms with E-state index in [1.807, 2.05) is 67.9 Å². The van der Waals surface area contributed by atoms with Crippen molar-refractivity contribution >= 4 is 15.6 Å². The number of aryl methyl sites for hydroxylation is 3. The lowest BCUT2D eigenvalue weighted by Gasteiger charge is -2.17. The molecule has 0 unspecified atom stereocenters. The Balaban J connectivity index is 1.49. The summed E-state index contributed by atoms with van der Waals surface area (Å²) in [6.07, 6.45) is 0.596. The highest BCUT2D eigenvalue weighted by Gasteiger charge is 2.31. The molecule has 4 heterocycles. The molecule has 9 nitrogen and oxygen atoms in total. The molecular formula is C23H31N5O4S. The van der Waals surface area contributed by atoms with Gasteiger partial charge in [-0.1, -0.05) is 5.16 Å². The summed E-state index contributed by atoms with van der Waals surface area (Å²) in [5, 5.41) is 8.71. The minimum Gasteiger partial charge on any atom is -0.360 e. The highest BCUT2D eigenvalue weighted by atomic mass is 32.2. The quantitative estimate of drug-likeness (QED) is 0.486. The monoisotopic (exact) mass is 473 g/mol. The van der Waals surface area contributed by atoms with Crippen LogP contribution < -0.4 is 0 Å². The fourth-order valence-corrected chi connectivity index (χ4v) is 6.45. The zero-order valence-electron chi connectivity index (χ0n) is 20.0. The summed E-state index contributed by atoms with van der Waals surface area (Å²) < 4.78 is 32.8. The number of hydrogen-bond acceptors (Lipinski definition) is 7. The summed E-state index contributed by atoms with van der Waals surface area (Å²) in [5.74, 6) is 1.77. The van der Waals surface area contributed by atoms with Gasteiger partial charge in [-0.25, -0.2) is 8.42 Å². The molecule has 3 aromatic rings. The molecule has 33 heavy (non-hydrogen) atoms. The summed E-state index contributed by atoms with van der Waals surface area (Å²) >= 11 is 0. The van der Waals surface area contributed by atoms with Crippen LogP contribution in [0.25, 0.3) is 5.82 Å². The number of nitrogens with zero attached hydrogens (tertiary/aromatic N) is 5. The number of likely N-dealkylation sites (N-methyl/N-ethyl adjacent to an activating group) is 1. The third kappa shape index (κ3) is 4.54. The molecule has 10 heteroatoms. The zero-order valence-corrected chi connectivity index (χ0v) is 20.9. The Morgan fingerprint density at radius 2 is 1.91 bits per heavy atom. The van der Waals surface area contributed by atoms with Crippen LogP contribution in [0.2, 0.25) is 0 Å². The summed E-state index contributed by atoms with van der Waals surface area (Å²) in [5.41, 5.74) is 5.30. The van der Waals surface area contributed by atoms with Crippen LogP contribution in [-0.2, 0) is 16.4 Å². The topological polar surface area (TPSA) is 103 Å². The van der Waals surface area contributed by atoms with E-state index >= 15 is 0 Å². The Labute approximate surface area is 194 Å². The maximum atomic E-state index is 13.1. The Morgan fingerprint density at radius 1 is 1.18 bits per heavy atom. The molecule has 1 fully saturated rings. The Morgan fingerprint density at radius 3 is 2.52 bits per heavy atom. The van der Waals surface area contributed by atoms with Crippen LogP contribution >= 0.6 is 0 Å². The van der Waals surface area contributed by atoms with Crippen molar-refractivity contribution in [2.45, 2.75) is 53.6 Å². The summed E-state index contributed by atoms with van der Waals surface area (Å²) in [6.45, 7) is 10.4. The standard InChI is InChI=1S/C23H31N5O4S/c1-14-9-20(17(4)27(14)23-10-15(2)32-25-23)22(29)12-26(6)11-21-16(3)24-28(18(21)5)19-7-8-33(30,31)13-19/h9-10,19H,7-8,11-13H2,1-6H3/t19-/m0/s1. The van der Waals surface area contributed by atoms with Crippen LogP contribution in [0.4, 0.5) is 0 Å². The molecule has 178 valence electrons. The van der Waals surface area contributed by atoms with Crippen LogP contribution in [0.1, 0.15) is 56.9 Å². The minimum atomic E-state index is -2.99. The van der Waals surface area contributed by atoms with Crippen LogP contribution in [-0.4, -0.2) is 63.7 Å². The first-order valence-corrected chi connectivity index (χ1v) is 12.9. The van der Waals surface area contributed by atoms with Crippen molar-refractivity contribution in [1.29, 1.82) is 0 Å². The third-order valence-corrected chi connectivity index (χ3v) is 8.20. The molecule has 0 amide bonds. The van der Waals surface area contributed by atoms with E-state index in [2.05, 4.69) is 10.3 Å². The summed E-state index contributed by atoms with van der Waals surface area (Å²) in [6, 6.07) is 3.63. The van der Waals surface area contributed by atoms with Gasteiger partial charge in [0.1, 0.15) is 5.76 Å². The van der Waals surface area contributed by atoms with Crippen LogP contribution in [0, 0.1) is 34.6 Å². The fourth-order valence-electron chi connectivity index (χ4n) is 4.76. The molecule has 1 atom stereocenters. The lowest BCUT2D eigenvalue weighted by Crippen LogP contribution is -2.26. The van der Waals surface area contributed by atoms with Crippen LogP contribution in [0.15, 0.2) is 16.7 Å². The van der Waals surface area contributed by atoms with Crippen molar-refractivity contribution in [3.63, 3.8) is 0 Å². The predicted molar refractivity (Wildman–Crippen MR) is 125 cm³/mol. The second kappa shape index (κ2) is 8.57. The van der Waals surface area contributed by atoms with Crippen molar-refractivity contribution in [3.05, 3.63) is 51.8 Å². The molecule has 0 aromatic carbocycles. The highest BCUT2D eigenvalue weighted by molar-refractivity contribution is 7.91. The number of aromatic nitrogens is 4.